The number of hydrogen-bond donors (Lipinski definition) is 1. The van der Waals surface area contributed by atoms with Gasteiger partial charge in [0.2, 0.25) is 5.91 Å². The van der Waals surface area contributed by atoms with Crippen LogP contribution in [0.25, 0.3) is 0 Å². The van der Waals surface area contributed by atoms with Crippen LogP contribution in [0.4, 0.5) is 5.69 Å². The lowest BCUT2D eigenvalue weighted by atomic mass is 10.3. The van der Waals surface area contributed by atoms with Gasteiger partial charge in [0.25, 0.3) is 0 Å². The van der Waals surface area contributed by atoms with Crippen LogP contribution in [0.3, 0.4) is 0 Å². The minimum atomic E-state index is -3.42. The van der Waals surface area contributed by atoms with Crippen LogP contribution in [0.5, 0.6) is 11.8 Å². The Balaban J connectivity index is 2.02. The third-order valence-electron chi connectivity index (χ3n) is 2.88. The third kappa shape index (κ3) is 4.26. The number of sulfone groups is 1. The van der Waals surface area contributed by atoms with E-state index in [0.29, 0.717) is 11.4 Å². The van der Waals surface area contributed by atoms with Crippen LogP contribution in [-0.2, 0) is 14.6 Å². The van der Waals surface area contributed by atoms with Crippen LogP contribution in [-0.4, -0.2) is 35.8 Å². The second kappa shape index (κ2) is 6.52. The molecule has 2 rings (SSSR count). The summed E-state index contributed by atoms with van der Waals surface area (Å²) in [6.45, 7) is 1.34. The maximum absolute atomic E-state index is 11.8. The summed E-state index contributed by atoms with van der Waals surface area (Å²) in [5, 5.41) is 1.42. The van der Waals surface area contributed by atoms with Crippen molar-refractivity contribution in [1.82, 2.24) is 9.97 Å². The molecule has 1 aromatic carbocycles. The molecule has 7 nitrogen and oxygen atoms in total. The first-order valence-corrected chi connectivity index (χ1v) is 8.36. The highest BCUT2D eigenvalue weighted by molar-refractivity contribution is 7.92. The van der Waals surface area contributed by atoms with Gasteiger partial charge < -0.3 is 10.1 Å². The molecule has 116 valence electrons. The van der Waals surface area contributed by atoms with E-state index in [4.69, 9.17) is 4.74 Å². The largest absolute Gasteiger partial charge is 0.424 e. The molecule has 0 radical (unpaired) electrons. The van der Waals surface area contributed by atoms with Crippen molar-refractivity contribution in [2.75, 3.05) is 11.6 Å². The maximum atomic E-state index is 11.8. The maximum Gasteiger partial charge on any atom is 0.321 e. The van der Waals surface area contributed by atoms with Gasteiger partial charge in [-0.15, -0.1) is 0 Å². The highest BCUT2D eigenvalue weighted by Gasteiger charge is 2.23. The summed E-state index contributed by atoms with van der Waals surface area (Å²) < 4.78 is 28.1. The van der Waals surface area contributed by atoms with E-state index in [9.17, 15) is 13.2 Å². The molecule has 0 aliphatic heterocycles. The zero-order valence-corrected chi connectivity index (χ0v) is 12.9. The monoisotopic (exact) mass is 321 g/mol. The lowest BCUT2D eigenvalue weighted by molar-refractivity contribution is -0.115. The van der Waals surface area contributed by atoms with Crippen molar-refractivity contribution in [1.29, 1.82) is 0 Å². The molecule has 22 heavy (non-hydrogen) atoms. The Morgan fingerprint density at radius 3 is 2.32 bits per heavy atom. The van der Waals surface area contributed by atoms with Gasteiger partial charge in [-0.2, -0.15) is 0 Å². The number of amides is 1. The molecule has 2 aromatic rings. The zero-order chi connectivity index (χ0) is 16.2. The summed E-state index contributed by atoms with van der Waals surface area (Å²) in [6, 6.07) is 8.34. The van der Waals surface area contributed by atoms with Gasteiger partial charge in [0.1, 0.15) is 11.0 Å². The molecule has 1 atom stereocenters. The highest BCUT2D eigenvalue weighted by Crippen LogP contribution is 2.20. The van der Waals surface area contributed by atoms with Crippen LogP contribution in [0, 0.1) is 0 Å². The van der Waals surface area contributed by atoms with Crippen LogP contribution in [0.15, 0.2) is 42.7 Å². The van der Waals surface area contributed by atoms with E-state index in [0.717, 1.165) is 6.26 Å². The lowest BCUT2D eigenvalue weighted by Crippen LogP contribution is -2.31. The van der Waals surface area contributed by atoms with Crippen molar-refractivity contribution in [2.45, 2.75) is 12.2 Å². The van der Waals surface area contributed by atoms with Gasteiger partial charge in [0, 0.05) is 24.3 Å². The molecule has 1 aromatic heterocycles. The van der Waals surface area contributed by atoms with E-state index in [1.165, 1.54) is 6.92 Å². The zero-order valence-electron chi connectivity index (χ0n) is 12.1. The fourth-order valence-corrected chi connectivity index (χ4v) is 1.94. The highest BCUT2D eigenvalue weighted by atomic mass is 32.2. The van der Waals surface area contributed by atoms with E-state index < -0.39 is 21.0 Å². The van der Waals surface area contributed by atoms with E-state index in [2.05, 4.69) is 15.3 Å². The van der Waals surface area contributed by atoms with Gasteiger partial charge >= 0.3 is 6.01 Å². The van der Waals surface area contributed by atoms with Crippen molar-refractivity contribution in [2.24, 2.45) is 0 Å². The number of carbonyl (C=O) groups is 1. The van der Waals surface area contributed by atoms with E-state index in [1.54, 1.807) is 42.7 Å². The number of ether oxygens (including phenoxy) is 1. The van der Waals surface area contributed by atoms with Gasteiger partial charge in [-0.3, -0.25) is 4.79 Å². The molecule has 1 N–H and O–H groups in total. The quantitative estimate of drug-likeness (QED) is 0.899. The molecule has 0 aliphatic rings. The van der Waals surface area contributed by atoms with Crippen molar-refractivity contribution >= 4 is 21.4 Å². The van der Waals surface area contributed by atoms with Crippen LogP contribution in [0.2, 0.25) is 0 Å². The molecule has 0 bridgehead atoms. The van der Waals surface area contributed by atoms with Crippen molar-refractivity contribution in [3.63, 3.8) is 0 Å². The molecule has 1 unspecified atom stereocenters. The number of benzene rings is 1. The average molecular weight is 321 g/mol. The molecule has 0 fully saturated rings. The van der Waals surface area contributed by atoms with E-state index in [1.807, 2.05) is 0 Å². The number of hydrogen-bond acceptors (Lipinski definition) is 6. The fraction of sp³-hybridized carbons (Fsp3) is 0.214. The Labute approximate surface area is 128 Å². The van der Waals surface area contributed by atoms with Crippen molar-refractivity contribution < 1.29 is 17.9 Å². The molecule has 1 heterocycles. The first-order valence-electron chi connectivity index (χ1n) is 6.41. The Morgan fingerprint density at radius 1 is 1.18 bits per heavy atom. The molecule has 1 amide bonds. The van der Waals surface area contributed by atoms with Gasteiger partial charge in [0.15, 0.2) is 9.84 Å². The van der Waals surface area contributed by atoms with Crippen molar-refractivity contribution in [3.05, 3.63) is 42.7 Å². The summed E-state index contributed by atoms with van der Waals surface area (Å²) in [5.74, 6) is -0.0806. The number of aromatic nitrogens is 2. The number of nitrogens with one attached hydrogen (secondary N) is 1. The molecule has 0 saturated carbocycles. The second-order valence-electron chi connectivity index (χ2n) is 4.62. The molecule has 0 aliphatic carbocycles. The van der Waals surface area contributed by atoms with Gasteiger partial charge in [0.05, 0.1) is 0 Å². The Morgan fingerprint density at radius 2 is 1.77 bits per heavy atom. The Hall–Kier alpha value is -2.48. The van der Waals surface area contributed by atoms with Crippen LogP contribution >= 0.6 is 0 Å². The van der Waals surface area contributed by atoms with Crippen LogP contribution in [0.1, 0.15) is 6.92 Å². The molecular weight excluding hydrogens is 306 g/mol. The summed E-state index contributed by atoms with van der Waals surface area (Å²) in [7, 11) is -3.42. The van der Waals surface area contributed by atoms with Crippen molar-refractivity contribution in [3.8, 4) is 11.8 Å². The standard InChI is InChI=1S/C14H15N3O4S/c1-10(22(2,19)20)13(18)17-11-4-6-12(7-5-11)21-14-15-8-3-9-16-14/h3-10H,1-2H3,(H,17,18). The summed E-state index contributed by atoms with van der Waals surface area (Å²) >= 11 is 0. The first kappa shape index (κ1) is 15.9. The summed E-state index contributed by atoms with van der Waals surface area (Å²) in [4.78, 5) is 19.6. The average Bonchev–Trinajstić information content (AvgIpc) is 2.48. The smallest absolute Gasteiger partial charge is 0.321 e. The number of rotatable bonds is 5. The van der Waals surface area contributed by atoms with E-state index in [-0.39, 0.29) is 6.01 Å². The first-order chi connectivity index (χ1) is 10.4. The fourth-order valence-electron chi connectivity index (χ4n) is 1.49. The van der Waals surface area contributed by atoms with Gasteiger partial charge in [-0.05, 0) is 37.3 Å². The summed E-state index contributed by atoms with van der Waals surface area (Å²) in [5.41, 5.74) is 0.474. The number of carbonyl (C=O) groups excluding carboxylic acids is 1. The topological polar surface area (TPSA) is 98.2 Å². The Bertz CT molecular complexity index is 745. The molecule has 0 saturated heterocycles. The number of anilines is 1. The molecule has 8 heteroatoms. The minimum Gasteiger partial charge on any atom is -0.424 e. The third-order valence-corrected chi connectivity index (χ3v) is 4.38. The predicted molar refractivity (Wildman–Crippen MR) is 81.5 cm³/mol. The second-order valence-corrected chi connectivity index (χ2v) is 6.98. The van der Waals surface area contributed by atoms with Gasteiger partial charge in [-0.1, -0.05) is 0 Å². The summed E-state index contributed by atoms with van der Waals surface area (Å²) in [6.07, 6.45) is 4.14. The normalized spacial score (nSPS) is 12.5. The SMILES string of the molecule is CC(C(=O)Nc1ccc(Oc2ncccn2)cc1)S(C)(=O)=O. The van der Waals surface area contributed by atoms with Gasteiger partial charge in [-0.25, -0.2) is 18.4 Å². The lowest BCUT2D eigenvalue weighted by Gasteiger charge is -2.11. The molecular formula is C14H15N3O4S. The number of nitrogens with zero attached hydrogens (tertiary/aromatic N) is 2. The Kier molecular flexibility index (Phi) is 4.71. The van der Waals surface area contributed by atoms with E-state index >= 15 is 0 Å². The molecule has 0 spiro atoms. The predicted octanol–water partition coefficient (Wildman–Crippen LogP) is 1.64. The van der Waals surface area contributed by atoms with Crippen LogP contribution < -0.4 is 10.1 Å². The minimum absolute atomic E-state index is 0.213.